The van der Waals surface area contributed by atoms with E-state index in [1.807, 2.05) is 72.8 Å². The molecule has 0 saturated carbocycles. The Morgan fingerprint density at radius 1 is 0.591 bits per heavy atom. The molecule has 0 spiro atoms. The lowest BCUT2D eigenvalue weighted by Gasteiger charge is -2.39. The van der Waals surface area contributed by atoms with Crippen LogP contribution in [0, 0.1) is 0 Å². The van der Waals surface area contributed by atoms with E-state index in [1.165, 1.54) is 0 Å². The van der Waals surface area contributed by atoms with Crippen LogP contribution >= 0.6 is 23.2 Å². The minimum atomic E-state index is -0.353. The molecular formula is C35H38Cl2N6O. The number of Topliss-reactive ketones (excluding diaryl/α,β-unsaturated/α-hetero) is 1. The maximum Gasteiger partial charge on any atom is 0.153 e. The van der Waals surface area contributed by atoms with E-state index in [0.29, 0.717) is 13.1 Å². The van der Waals surface area contributed by atoms with Crippen LogP contribution < -0.4 is 9.80 Å². The van der Waals surface area contributed by atoms with Gasteiger partial charge in [-0.15, -0.1) is 0 Å². The number of benzene rings is 2. The van der Waals surface area contributed by atoms with Crippen molar-refractivity contribution in [2.45, 2.75) is 11.8 Å². The maximum absolute atomic E-state index is 14.7. The zero-order chi connectivity index (χ0) is 30.3. The van der Waals surface area contributed by atoms with E-state index in [2.05, 4.69) is 41.7 Å². The van der Waals surface area contributed by atoms with Crippen LogP contribution in [-0.2, 0) is 4.79 Å². The topological polar surface area (TPSA) is 55.8 Å². The molecule has 2 fully saturated rings. The van der Waals surface area contributed by atoms with Crippen LogP contribution in [0.15, 0.2) is 97.3 Å². The van der Waals surface area contributed by atoms with Crippen LogP contribution in [0.3, 0.4) is 0 Å². The van der Waals surface area contributed by atoms with Gasteiger partial charge in [-0.3, -0.25) is 24.6 Å². The minimum Gasteiger partial charge on any atom is -0.369 e. The normalized spacial score (nSPS) is 17.8. The number of nitrogens with zero attached hydrogens (tertiary/aromatic N) is 6. The Morgan fingerprint density at radius 2 is 1.02 bits per heavy atom. The molecule has 9 heteroatoms. The molecule has 2 aromatic heterocycles. The van der Waals surface area contributed by atoms with Crippen LogP contribution in [-0.4, -0.2) is 91.0 Å². The molecule has 2 unspecified atom stereocenters. The van der Waals surface area contributed by atoms with E-state index in [0.717, 1.165) is 85.2 Å². The first kappa shape index (κ1) is 30.5. The third-order valence-corrected chi connectivity index (χ3v) is 9.22. The number of hydrogen-bond donors (Lipinski definition) is 0. The van der Waals surface area contributed by atoms with Crippen molar-refractivity contribution in [1.82, 2.24) is 19.8 Å². The van der Waals surface area contributed by atoms with Gasteiger partial charge in [0.15, 0.2) is 5.78 Å². The van der Waals surface area contributed by atoms with Gasteiger partial charge in [0, 0.05) is 99.3 Å². The zero-order valence-corrected chi connectivity index (χ0v) is 26.3. The highest BCUT2D eigenvalue weighted by Gasteiger charge is 2.35. The molecule has 228 valence electrons. The second-order valence-electron chi connectivity index (χ2n) is 11.6. The summed E-state index contributed by atoms with van der Waals surface area (Å²) in [5, 5.41) is 1.49. The Kier molecular flexibility index (Phi) is 10.1. The summed E-state index contributed by atoms with van der Waals surface area (Å²) in [7, 11) is 0. The van der Waals surface area contributed by atoms with Gasteiger partial charge in [0.05, 0.1) is 23.2 Å². The van der Waals surface area contributed by atoms with Crippen molar-refractivity contribution in [3.63, 3.8) is 0 Å². The fourth-order valence-electron chi connectivity index (χ4n) is 6.30. The number of carbonyl (C=O) groups is 1. The standard InChI is InChI=1S/C35H38Cl2N6O/c36-27-7-5-9-29(23-27)42-19-15-40(16-20-42)25-31(33-11-1-3-13-38-33)35(44)32(34-12-2-4-14-39-34)26-41-17-21-43(22-18-41)30-10-6-8-28(37)24-30/h1-14,23-24,31-32H,15-22,25-26H2. The van der Waals surface area contributed by atoms with Gasteiger partial charge in [0.2, 0.25) is 0 Å². The predicted molar refractivity (Wildman–Crippen MR) is 179 cm³/mol. The Balaban J connectivity index is 1.17. The van der Waals surface area contributed by atoms with Crippen LogP contribution in [0.1, 0.15) is 23.2 Å². The quantitative estimate of drug-likeness (QED) is 0.218. The van der Waals surface area contributed by atoms with E-state index in [4.69, 9.17) is 23.2 Å². The van der Waals surface area contributed by atoms with Crippen molar-refractivity contribution >= 4 is 40.4 Å². The molecule has 2 aliphatic heterocycles. The Labute approximate surface area is 270 Å². The van der Waals surface area contributed by atoms with Crippen LogP contribution in [0.2, 0.25) is 10.0 Å². The highest BCUT2D eigenvalue weighted by molar-refractivity contribution is 6.31. The summed E-state index contributed by atoms with van der Waals surface area (Å²) in [6, 6.07) is 27.8. The first-order chi connectivity index (χ1) is 21.5. The number of hydrogen-bond acceptors (Lipinski definition) is 7. The molecule has 6 rings (SSSR count). The number of halogens is 2. The number of anilines is 2. The first-order valence-electron chi connectivity index (χ1n) is 15.3. The molecule has 0 amide bonds. The predicted octanol–water partition coefficient (Wildman–Crippen LogP) is 5.86. The molecule has 0 N–H and O–H groups in total. The monoisotopic (exact) mass is 628 g/mol. The molecule has 2 aliphatic rings. The van der Waals surface area contributed by atoms with Crippen molar-refractivity contribution in [2.75, 3.05) is 75.2 Å². The lowest BCUT2D eigenvalue weighted by atomic mass is 9.86. The molecule has 2 saturated heterocycles. The average molecular weight is 630 g/mol. The lowest BCUT2D eigenvalue weighted by Crippen LogP contribution is -2.50. The summed E-state index contributed by atoms with van der Waals surface area (Å²) in [5.41, 5.74) is 3.92. The van der Waals surface area contributed by atoms with Gasteiger partial charge in [0.25, 0.3) is 0 Å². The minimum absolute atomic E-state index is 0.178. The van der Waals surface area contributed by atoms with Gasteiger partial charge in [-0.2, -0.15) is 0 Å². The maximum atomic E-state index is 14.7. The number of piperazine rings is 2. The smallest absolute Gasteiger partial charge is 0.153 e. The third-order valence-electron chi connectivity index (χ3n) is 8.75. The molecule has 7 nitrogen and oxygen atoms in total. The van der Waals surface area contributed by atoms with Gasteiger partial charge < -0.3 is 9.80 Å². The highest BCUT2D eigenvalue weighted by atomic mass is 35.5. The molecular weight excluding hydrogens is 591 g/mol. The zero-order valence-electron chi connectivity index (χ0n) is 24.8. The van der Waals surface area contributed by atoms with E-state index < -0.39 is 0 Å². The van der Waals surface area contributed by atoms with E-state index >= 15 is 0 Å². The molecule has 0 bridgehead atoms. The summed E-state index contributed by atoms with van der Waals surface area (Å²) < 4.78 is 0. The summed E-state index contributed by atoms with van der Waals surface area (Å²) >= 11 is 12.5. The van der Waals surface area contributed by atoms with Crippen molar-refractivity contribution in [1.29, 1.82) is 0 Å². The van der Waals surface area contributed by atoms with Crippen molar-refractivity contribution in [3.05, 3.63) is 119 Å². The third kappa shape index (κ3) is 7.59. The number of ketones is 1. The van der Waals surface area contributed by atoms with Crippen molar-refractivity contribution in [2.24, 2.45) is 0 Å². The molecule has 2 atom stereocenters. The number of pyridine rings is 2. The number of rotatable bonds is 10. The summed E-state index contributed by atoms with van der Waals surface area (Å²) in [6.07, 6.45) is 3.58. The Hall–Kier alpha value is -3.49. The fourth-order valence-corrected chi connectivity index (χ4v) is 6.67. The molecule has 0 aliphatic carbocycles. The Morgan fingerprint density at radius 3 is 1.39 bits per heavy atom. The molecule has 2 aromatic carbocycles. The summed E-state index contributed by atoms with van der Waals surface area (Å²) in [5.74, 6) is -0.528. The molecule has 0 radical (unpaired) electrons. The van der Waals surface area contributed by atoms with E-state index in [9.17, 15) is 4.79 Å². The first-order valence-corrected chi connectivity index (χ1v) is 16.1. The largest absolute Gasteiger partial charge is 0.369 e. The van der Waals surface area contributed by atoms with E-state index in [-0.39, 0.29) is 17.6 Å². The average Bonchev–Trinajstić information content (AvgIpc) is 3.07. The van der Waals surface area contributed by atoms with Crippen LogP contribution in [0.4, 0.5) is 11.4 Å². The number of carbonyl (C=O) groups excluding carboxylic acids is 1. The van der Waals surface area contributed by atoms with Crippen LogP contribution in [0.5, 0.6) is 0 Å². The summed E-state index contributed by atoms with van der Waals surface area (Å²) in [4.78, 5) is 33.6. The lowest BCUT2D eigenvalue weighted by molar-refractivity contribution is -0.123. The van der Waals surface area contributed by atoms with E-state index in [1.54, 1.807) is 12.4 Å². The molecule has 4 heterocycles. The SMILES string of the molecule is O=C(C(CN1CCN(c2cccc(Cl)c2)CC1)c1ccccn1)C(CN1CCN(c2cccc(Cl)c2)CC1)c1ccccn1. The molecule has 44 heavy (non-hydrogen) atoms. The molecule has 4 aromatic rings. The van der Waals surface area contributed by atoms with Crippen molar-refractivity contribution in [3.8, 4) is 0 Å². The van der Waals surface area contributed by atoms with Gasteiger partial charge in [0.1, 0.15) is 0 Å². The second kappa shape index (κ2) is 14.5. The number of aromatic nitrogens is 2. The van der Waals surface area contributed by atoms with Gasteiger partial charge >= 0.3 is 0 Å². The Bertz CT molecular complexity index is 1400. The van der Waals surface area contributed by atoms with Crippen LogP contribution in [0.25, 0.3) is 0 Å². The summed E-state index contributed by atoms with van der Waals surface area (Å²) in [6.45, 7) is 8.23. The second-order valence-corrected chi connectivity index (χ2v) is 12.4. The fraction of sp³-hybridized carbons (Fsp3) is 0.343. The van der Waals surface area contributed by atoms with Gasteiger partial charge in [-0.1, -0.05) is 47.5 Å². The highest BCUT2D eigenvalue weighted by Crippen LogP contribution is 2.29. The van der Waals surface area contributed by atoms with Gasteiger partial charge in [-0.25, -0.2) is 0 Å². The van der Waals surface area contributed by atoms with Gasteiger partial charge in [-0.05, 0) is 60.7 Å². The van der Waals surface area contributed by atoms with Crippen molar-refractivity contribution < 1.29 is 4.79 Å².